The molecule has 3 heterocycles. The first kappa shape index (κ1) is 26.9. The molecule has 2 aromatic heterocycles. The van der Waals surface area contributed by atoms with Gasteiger partial charge in [0, 0.05) is 37.8 Å². The number of aromatic nitrogens is 3. The van der Waals surface area contributed by atoms with Gasteiger partial charge in [-0.1, -0.05) is 6.07 Å². The third kappa shape index (κ3) is 5.37. The van der Waals surface area contributed by atoms with E-state index in [1.165, 1.54) is 22.9 Å². The lowest BCUT2D eigenvalue weighted by Gasteiger charge is -2.48. The van der Waals surface area contributed by atoms with E-state index in [9.17, 15) is 28.2 Å². The molecule has 13 heteroatoms. The Bertz CT molecular complexity index is 1310. The quantitative estimate of drug-likeness (QED) is 0.356. The lowest BCUT2D eigenvalue weighted by atomic mass is 9.80. The smallest absolute Gasteiger partial charge is 0.384 e. The number of thiazole rings is 1. The number of nitrogens with zero attached hydrogens (tertiary/aromatic N) is 4. The molecule has 1 unspecified atom stereocenters. The molecule has 2 aliphatic rings. The summed E-state index contributed by atoms with van der Waals surface area (Å²) in [7, 11) is 1.65. The van der Waals surface area contributed by atoms with Crippen LogP contribution in [0.3, 0.4) is 0 Å². The van der Waals surface area contributed by atoms with Crippen molar-refractivity contribution in [3.8, 4) is 0 Å². The van der Waals surface area contributed by atoms with Gasteiger partial charge < -0.3 is 20.8 Å². The van der Waals surface area contributed by atoms with Crippen LogP contribution in [0.2, 0.25) is 0 Å². The lowest BCUT2D eigenvalue weighted by molar-refractivity contribution is -0.206. The highest BCUT2D eigenvalue weighted by atomic mass is 32.1. The summed E-state index contributed by atoms with van der Waals surface area (Å²) in [6.45, 7) is 3.32. The summed E-state index contributed by atoms with van der Waals surface area (Å²) in [6.07, 6.45) is -2.45. The average molecular weight is 553 g/mol. The van der Waals surface area contributed by atoms with Crippen LogP contribution in [0.1, 0.15) is 47.2 Å². The number of aryl methyl sites for hydroxylation is 2. The van der Waals surface area contributed by atoms with Crippen LogP contribution in [0.25, 0.3) is 10.9 Å². The monoisotopic (exact) mass is 552 g/mol. The predicted octanol–water partition coefficient (Wildman–Crippen LogP) is 2.98. The van der Waals surface area contributed by atoms with Gasteiger partial charge >= 0.3 is 6.18 Å². The number of anilines is 1. The van der Waals surface area contributed by atoms with Gasteiger partial charge in [0.15, 0.2) is 11.9 Å². The van der Waals surface area contributed by atoms with E-state index >= 15 is 0 Å². The van der Waals surface area contributed by atoms with Crippen molar-refractivity contribution in [3.63, 3.8) is 0 Å². The molecule has 1 amide bonds. The summed E-state index contributed by atoms with van der Waals surface area (Å²) in [5, 5.41) is 32.2. The first-order chi connectivity index (χ1) is 17.9. The maximum Gasteiger partial charge on any atom is 0.418 e. The molecule has 1 aliphatic heterocycles. The zero-order valence-corrected chi connectivity index (χ0v) is 21.9. The van der Waals surface area contributed by atoms with Crippen LogP contribution in [-0.2, 0) is 17.4 Å². The van der Waals surface area contributed by atoms with E-state index in [1.807, 2.05) is 6.92 Å². The molecule has 1 aliphatic carbocycles. The van der Waals surface area contributed by atoms with Crippen molar-refractivity contribution in [3.05, 3.63) is 39.8 Å². The van der Waals surface area contributed by atoms with Gasteiger partial charge in [-0.3, -0.25) is 14.4 Å². The molecular weight excluding hydrogens is 521 g/mol. The molecule has 0 radical (unpaired) electrons. The number of alkyl halides is 3. The molecule has 4 N–H and O–H groups in total. The zero-order valence-electron chi connectivity index (χ0n) is 21.1. The fourth-order valence-electron chi connectivity index (χ4n) is 5.39. The maximum absolute atomic E-state index is 13.0. The van der Waals surface area contributed by atoms with Crippen molar-refractivity contribution in [2.45, 2.75) is 62.6 Å². The molecule has 1 aromatic carbocycles. The zero-order chi connectivity index (χ0) is 27.2. The molecule has 38 heavy (non-hydrogen) atoms. The van der Waals surface area contributed by atoms with Crippen molar-refractivity contribution in [2.24, 2.45) is 7.05 Å². The highest BCUT2D eigenvalue weighted by molar-refractivity contribution is 7.11. The molecule has 9 nitrogen and oxygen atoms in total. The molecule has 5 rings (SSSR count). The average Bonchev–Trinajstić information content (AvgIpc) is 3.43. The molecule has 1 saturated heterocycles. The number of aliphatic hydroxyl groups excluding tert-OH is 1. The number of aliphatic hydroxyl groups is 2. The first-order valence-corrected chi connectivity index (χ1v) is 13.4. The number of hydrogen-bond donors (Lipinski definition) is 4. The van der Waals surface area contributed by atoms with Gasteiger partial charge in [0.05, 0.1) is 28.0 Å². The van der Waals surface area contributed by atoms with E-state index < -0.39 is 17.9 Å². The van der Waals surface area contributed by atoms with E-state index in [0.29, 0.717) is 29.8 Å². The van der Waals surface area contributed by atoms with Gasteiger partial charge in [-0.25, -0.2) is 4.98 Å². The Morgan fingerprint density at radius 1 is 1.29 bits per heavy atom. The predicted molar refractivity (Wildman–Crippen MR) is 137 cm³/mol. The largest absolute Gasteiger partial charge is 0.418 e. The summed E-state index contributed by atoms with van der Waals surface area (Å²) in [5.74, 6) is 0.0356. The van der Waals surface area contributed by atoms with Gasteiger partial charge in [0.1, 0.15) is 5.60 Å². The van der Waals surface area contributed by atoms with Gasteiger partial charge in [0.2, 0.25) is 5.91 Å². The van der Waals surface area contributed by atoms with Crippen LogP contribution in [0.5, 0.6) is 0 Å². The minimum atomic E-state index is -4.78. The van der Waals surface area contributed by atoms with Crippen molar-refractivity contribution in [2.75, 3.05) is 25.0 Å². The molecule has 1 atom stereocenters. The lowest BCUT2D eigenvalue weighted by Crippen LogP contribution is -2.63. The Balaban J connectivity index is 1.10. The highest BCUT2D eigenvalue weighted by Gasteiger charge is 2.41. The van der Waals surface area contributed by atoms with Gasteiger partial charge in [-0.05, 0) is 50.3 Å². The molecule has 0 spiro atoms. The third-order valence-corrected chi connectivity index (χ3v) is 8.68. The Labute approximate surface area is 221 Å². The summed E-state index contributed by atoms with van der Waals surface area (Å²) in [4.78, 5) is 20.1. The van der Waals surface area contributed by atoms with Crippen molar-refractivity contribution in [1.82, 2.24) is 25.0 Å². The fraction of sp³-hybridized carbons (Fsp3) is 0.560. The third-order valence-electron chi connectivity index (χ3n) is 7.57. The topological polar surface area (TPSA) is 116 Å². The van der Waals surface area contributed by atoms with Crippen molar-refractivity contribution >= 4 is 34.0 Å². The number of rotatable bonds is 7. The number of carbonyl (C=O) groups is 1. The fourth-order valence-corrected chi connectivity index (χ4v) is 6.31. The number of carbonyl (C=O) groups excluding carboxylic acids is 1. The van der Waals surface area contributed by atoms with Gasteiger partial charge in [-0.15, -0.1) is 11.3 Å². The van der Waals surface area contributed by atoms with E-state index in [4.69, 9.17) is 0 Å². The summed E-state index contributed by atoms with van der Waals surface area (Å²) in [6, 6.07) is 4.31. The molecule has 1 saturated carbocycles. The van der Waals surface area contributed by atoms with Crippen molar-refractivity contribution < 1.29 is 28.2 Å². The summed E-state index contributed by atoms with van der Waals surface area (Å²) >= 11 is 1.55. The Morgan fingerprint density at radius 2 is 2.00 bits per heavy atom. The van der Waals surface area contributed by atoms with Crippen LogP contribution >= 0.6 is 11.3 Å². The molecule has 2 fully saturated rings. The van der Waals surface area contributed by atoms with E-state index in [0.717, 1.165) is 35.8 Å². The van der Waals surface area contributed by atoms with Crippen LogP contribution < -0.4 is 10.6 Å². The van der Waals surface area contributed by atoms with E-state index in [1.54, 1.807) is 24.6 Å². The highest BCUT2D eigenvalue weighted by Crippen LogP contribution is 2.41. The molecule has 206 valence electrons. The van der Waals surface area contributed by atoms with E-state index in [2.05, 4.69) is 25.6 Å². The first-order valence-electron chi connectivity index (χ1n) is 12.6. The second-order valence-electron chi connectivity index (χ2n) is 10.3. The number of hydrogen-bond acceptors (Lipinski definition) is 8. The number of likely N-dealkylation sites (tertiary alicyclic amines) is 1. The summed E-state index contributed by atoms with van der Waals surface area (Å²) < 4.78 is 40.4. The van der Waals surface area contributed by atoms with Crippen LogP contribution in [-0.4, -0.2) is 73.7 Å². The number of benzene rings is 1. The minimum absolute atomic E-state index is 0.0169. The molecular formula is C25H31F3N6O3S. The normalized spacial score (nSPS) is 23.8. The van der Waals surface area contributed by atoms with Gasteiger partial charge in [0.25, 0.3) is 0 Å². The van der Waals surface area contributed by atoms with Crippen LogP contribution in [0, 0.1) is 6.92 Å². The van der Waals surface area contributed by atoms with E-state index in [-0.39, 0.29) is 29.9 Å². The number of amides is 1. The van der Waals surface area contributed by atoms with Gasteiger partial charge in [-0.2, -0.15) is 18.3 Å². The number of fused-ring (bicyclic) bond motifs is 1. The maximum atomic E-state index is 13.0. The second-order valence-corrected chi connectivity index (χ2v) is 11.5. The van der Waals surface area contributed by atoms with Crippen LogP contribution in [0.4, 0.5) is 19.0 Å². The Kier molecular flexibility index (Phi) is 7.14. The SMILES string of the molecule is Cc1ncc(C2(O)CCC(N3CC(NC(=O)CNc4nn(C)c5ccc(C(O)C(F)(F)F)cc45)C3)CC2)s1. The number of halogens is 3. The Morgan fingerprint density at radius 3 is 2.63 bits per heavy atom. The molecule has 0 bridgehead atoms. The van der Waals surface area contributed by atoms with Crippen molar-refractivity contribution in [1.29, 1.82) is 0 Å². The Hall–Kier alpha value is -2.74. The standard InChI is InChI=1S/C25H31F3N6O3S/c1-14-29-10-20(38-14)24(37)7-5-17(6-8-24)34-12-16(13-34)31-21(35)11-30-23-18-9-15(22(36)25(26,27)28)3-4-19(18)33(2)32-23/h3-4,9-10,16-17,22,36-37H,5-8,11-13H2,1-2H3,(H,30,32)(H,31,35). The summed E-state index contributed by atoms with van der Waals surface area (Å²) in [5.41, 5.74) is -0.512. The second kappa shape index (κ2) is 10.1. The molecule has 3 aromatic rings. The minimum Gasteiger partial charge on any atom is -0.384 e. The number of nitrogens with one attached hydrogen (secondary N) is 2. The van der Waals surface area contributed by atoms with Crippen LogP contribution in [0.15, 0.2) is 24.4 Å².